The molecule has 0 heterocycles. The lowest BCUT2D eigenvalue weighted by molar-refractivity contribution is -0.115. The molecule has 2 nitrogen and oxygen atoms in total. The maximum atomic E-state index is 9.97. The number of carbonyl (C=O) groups excluding carboxylic acids is 1. The zero-order valence-electron chi connectivity index (χ0n) is 4.06. The largest absolute Gasteiger partial charge is 0.368 e. The van der Waals surface area contributed by atoms with Gasteiger partial charge in [-0.2, -0.15) is 0 Å². The zero-order chi connectivity index (χ0) is 5.86. The van der Waals surface area contributed by atoms with Crippen molar-refractivity contribution in [1.82, 2.24) is 0 Å². The van der Waals surface area contributed by atoms with E-state index in [1.54, 1.807) is 0 Å². The second-order valence-corrected chi connectivity index (χ2v) is 1.13. The lowest BCUT2D eigenvalue weighted by Gasteiger charge is -1.89. The monoisotopic (exact) mass is 96.0 g/mol. The van der Waals surface area contributed by atoms with Crippen LogP contribution in [-0.4, -0.2) is 5.91 Å². The lowest BCUT2D eigenvalue weighted by atomic mass is 10.2. The van der Waals surface area contributed by atoms with Gasteiger partial charge < -0.3 is 5.73 Å². The second kappa shape index (κ2) is 2.25. The van der Waals surface area contributed by atoms with E-state index in [2.05, 4.69) is 5.92 Å². The first-order valence-electron chi connectivity index (χ1n) is 1.78. The molecule has 0 fully saturated rings. The molecule has 1 radical (unpaired) electrons. The Morgan fingerprint density at radius 2 is 2.29 bits per heavy atom. The summed E-state index contributed by atoms with van der Waals surface area (Å²) in [4.78, 5) is 9.97. The summed E-state index contributed by atoms with van der Waals surface area (Å²) in [6.45, 7) is 1.50. The van der Waals surface area contributed by atoms with Gasteiger partial charge in [0.25, 0.3) is 0 Å². The van der Waals surface area contributed by atoms with Gasteiger partial charge in [0.1, 0.15) is 5.92 Å². The van der Waals surface area contributed by atoms with Crippen molar-refractivity contribution in [3.8, 4) is 12.3 Å². The highest BCUT2D eigenvalue weighted by Gasteiger charge is 2.02. The standard InChI is InChI=1S/C5H6NO/c1-3-4(2)5(6)7/h1H,2H3,(H2,6,7). The summed E-state index contributed by atoms with van der Waals surface area (Å²) < 4.78 is 0. The van der Waals surface area contributed by atoms with E-state index in [9.17, 15) is 4.79 Å². The summed E-state index contributed by atoms with van der Waals surface area (Å²) in [7, 11) is 0. The first-order valence-corrected chi connectivity index (χ1v) is 1.78. The number of carbonyl (C=O) groups is 1. The van der Waals surface area contributed by atoms with Crippen LogP contribution >= 0.6 is 0 Å². The molecule has 0 saturated carbocycles. The van der Waals surface area contributed by atoms with Gasteiger partial charge in [-0.05, 0) is 6.92 Å². The fraction of sp³-hybridized carbons (Fsp3) is 0.200. The minimum absolute atomic E-state index is 0.264. The molecule has 0 bridgehead atoms. The SMILES string of the molecule is C#C[C](C)C(N)=O. The van der Waals surface area contributed by atoms with E-state index in [4.69, 9.17) is 12.2 Å². The molecule has 0 saturated heterocycles. The van der Waals surface area contributed by atoms with E-state index in [1.165, 1.54) is 6.92 Å². The molecular formula is C5H6NO. The highest BCUT2D eigenvalue weighted by molar-refractivity contribution is 5.91. The van der Waals surface area contributed by atoms with Gasteiger partial charge in [-0.1, -0.05) is 5.92 Å². The zero-order valence-corrected chi connectivity index (χ0v) is 4.06. The minimum atomic E-state index is -0.525. The molecule has 7 heavy (non-hydrogen) atoms. The number of amides is 1. The van der Waals surface area contributed by atoms with Gasteiger partial charge >= 0.3 is 0 Å². The van der Waals surface area contributed by atoms with Crippen LogP contribution in [0, 0.1) is 18.3 Å². The van der Waals surface area contributed by atoms with Gasteiger partial charge in [-0.25, -0.2) is 0 Å². The van der Waals surface area contributed by atoms with Crippen LogP contribution in [0.1, 0.15) is 6.92 Å². The summed E-state index contributed by atoms with van der Waals surface area (Å²) in [5.41, 5.74) is 4.73. The molecule has 0 aliphatic carbocycles. The van der Waals surface area contributed by atoms with Crippen LogP contribution in [0.2, 0.25) is 0 Å². The van der Waals surface area contributed by atoms with Crippen LogP contribution < -0.4 is 5.73 Å². The average Bonchev–Trinajstić information content (AvgIpc) is 1.65. The molecule has 0 aromatic rings. The molecule has 0 aromatic heterocycles. The number of hydrogen-bond acceptors (Lipinski definition) is 1. The van der Waals surface area contributed by atoms with E-state index in [0.717, 1.165) is 0 Å². The predicted molar refractivity (Wildman–Crippen MR) is 26.9 cm³/mol. The Morgan fingerprint density at radius 1 is 1.86 bits per heavy atom. The van der Waals surface area contributed by atoms with Crippen molar-refractivity contribution < 1.29 is 4.79 Å². The Kier molecular flexibility index (Phi) is 1.94. The maximum Gasteiger partial charge on any atom is 0.237 e. The highest BCUT2D eigenvalue weighted by Crippen LogP contribution is 1.88. The molecule has 0 aromatic carbocycles. The Labute approximate surface area is 42.7 Å². The minimum Gasteiger partial charge on any atom is -0.368 e. The topological polar surface area (TPSA) is 43.1 Å². The van der Waals surface area contributed by atoms with Crippen LogP contribution in [0.4, 0.5) is 0 Å². The summed E-state index contributed by atoms with van der Waals surface area (Å²) in [6, 6.07) is 0. The van der Waals surface area contributed by atoms with E-state index in [1.807, 2.05) is 0 Å². The number of primary amides is 1. The maximum absolute atomic E-state index is 9.97. The Hall–Kier alpha value is -0.970. The smallest absolute Gasteiger partial charge is 0.237 e. The molecule has 2 N–H and O–H groups in total. The molecular weight excluding hydrogens is 90.1 g/mol. The van der Waals surface area contributed by atoms with Gasteiger partial charge in [0.15, 0.2) is 0 Å². The summed E-state index contributed by atoms with van der Waals surface area (Å²) in [5, 5.41) is 0. The van der Waals surface area contributed by atoms with Crippen molar-refractivity contribution in [3.63, 3.8) is 0 Å². The summed E-state index contributed by atoms with van der Waals surface area (Å²) in [6.07, 6.45) is 4.79. The Bertz CT molecular complexity index is 112. The van der Waals surface area contributed by atoms with Crippen molar-refractivity contribution in [2.24, 2.45) is 5.73 Å². The van der Waals surface area contributed by atoms with Crippen LogP contribution in [-0.2, 0) is 4.79 Å². The Morgan fingerprint density at radius 3 is 2.29 bits per heavy atom. The third kappa shape index (κ3) is 1.83. The van der Waals surface area contributed by atoms with Crippen molar-refractivity contribution in [2.75, 3.05) is 0 Å². The fourth-order valence-electron chi connectivity index (χ4n) is 0.0711. The number of nitrogens with two attached hydrogens (primary N) is 1. The third-order valence-corrected chi connectivity index (χ3v) is 0.586. The molecule has 0 unspecified atom stereocenters. The van der Waals surface area contributed by atoms with E-state index in [-0.39, 0.29) is 5.92 Å². The van der Waals surface area contributed by atoms with Crippen LogP contribution in [0.15, 0.2) is 0 Å². The van der Waals surface area contributed by atoms with Crippen molar-refractivity contribution in [3.05, 3.63) is 5.92 Å². The molecule has 0 aliphatic rings. The molecule has 0 rings (SSSR count). The lowest BCUT2D eigenvalue weighted by Crippen LogP contribution is -2.16. The summed E-state index contributed by atoms with van der Waals surface area (Å²) >= 11 is 0. The first kappa shape index (κ1) is 6.03. The van der Waals surface area contributed by atoms with E-state index >= 15 is 0 Å². The van der Waals surface area contributed by atoms with Gasteiger partial charge in [0, 0.05) is 0 Å². The summed E-state index contributed by atoms with van der Waals surface area (Å²) in [5.74, 6) is 1.84. The first-order chi connectivity index (χ1) is 3.18. The normalized spacial score (nSPS) is 8.14. The third-order valence-electron chi connectivity index (χ3n) is 0.586. The van der Waals surface area contributed by atoms with Gasteiger partial charge in [0.2, 0.25) is 5.91 Å². The van der Waals surface area contributed by atoms with Gasteiger partial charge in [-0.15, -0.1) is 6.42 Å². The molecule has 37 valence electrons. The van der Waals surface area contributed by atoms with Crippen molar-refractivity contribution >= 4 is 5.91 Å². The fourth-order valence-corrected chi connectivity index (χ4v) is 0.0711. The Balaban J connectivity index is 3.63. The highest BCUT2D eigenvalue weighted by atomic mass is 16.1. The van der Waals surface area contributed by atoms with E-state index in [0.29, 0.717) is 0 Å². The molecule has 0 aliphatic heterocycles. The quantitative estimate of drug-likeness (QED) is 0.447. The molecule has 0 atom stereocenters. The van der Waals surface area contributed by atoms with E-state index < -0.39 is 5.91 Å². The van der Waals surface area contributed by atoms with Gasteiger partial charge in [-0.3, -0.25) is 4.79 Å². The number of hydrogen-bond donors (Lipinski definition) is 1. The molecule has 1 amide bonds. The van der Waals surface area contributed by atoms with Crippen molar-refractivity contribution in [2.45, 2.75) is 6.92 Å². The second-order valence-electron chi connectivity index (χ2n) is 1.13. The molecule has 0 spiro atoms. The average molecular weight is 96.1 g/mol. The van der Waals surface area contributed by atoms with Crippen molar-refractivity contribution in [1.29, 1.82) is 0 Å². The number of terminal acetylenes is 1. The van der Waals surface area contributed by atoms with Gasteiger partial charge in [0.05, 0.1) is 0 Å². The van der Waals surface area contributed by atoms with Crippen LogP contribution in [0.25, 0.3) is 0 Å². The number of rotatable bonds is 1. The molecule has 2 heteroatoms. The van der Waals surface area contributed by atoms with Crippen LogP contribution in [0.5, 0.6) is 0 Å². The van der Waals surface area contributed by atoms with Crippen LogP contribution in [0.3, 0.4) is 0 Å². The predicted octanol–water partition coefficient (Wildman–Crippen LogP) is -0.301.